The topological polar surface area (TPSA) is 9.23 Å². The Morgan fingerprint density at radius 3 is 2.67 bits per heavy atom. The van der Waals surface area contributed by atoms with Crippen molar-refractivity contribution in [2.45, 2.75) is 45.1 Å². The Labute approximate surface area is 102 Å². The van der Waals surface area contributed by atoms with Crippen molar-refractivity contribution in [3.05, 3.63) is 12.8 Å². The van der Waals surface area contributed by atoms with Crippen LogP contribution in [0, 0.1) is 12.8 Å². The number of rotatable bonds is 2. The first-order valence-electron chi connectivity index (χ1n) is 4.41. The second-order valence-electron chi connectivity index (χ2n) is 3.89. The molecule has 1 aliphatic rings. The number of hydrogen-bond donors (Lipinski definition) is 0. The normalized spacial score (nSPS) is 23.2. The molecule has 0 aromatic rings. The molecule has 69 valence electrons. The monoisotopic (exact) mass is 243 g/mol. The Bertz CT molecular complexity index is 121. The van der Waals surface area contributed by atoms with E-state index in [9.17, 15) is 0 Å². The van der Waals surface area contributed by atoms with Gasteiger partial charge < -0.3 is 17.6 Å². The van der Waals surface area contributed by atoms with E-state index in [0.717, 1.165) is 25.9 Å². The van der Waals surface area contributed by atoms with Crippen LogP contribution < -0.4 is 0 Å². The van der Waals surface area contributed by atoms with Gasteiger partial charge in [-0.1, -0.05) is 0 Å². The van der Waals surface area contributed by atoms with Gasteiger partial charge in [0.25, 0.3) is 0 Å². The van der Waals surface area contributed by atoms with Gasteiger partial charge in [0, 0.05) is 44.9 Å². The van der Waals surface area contributed by atoms with Crippen molar-refractivity contribution >= 4 is 0 Å². The molecule has 12 heavy (non-hydrogen) atoms. The molecule has 1 saturated heterocycles. The van der Waals surface area contributed by atoms with E-state index in [2.05, 4.69) is 20.8 Å². The average molecular weight is 243 g/mol. The minimum Gasteiger partial charge on any atom is -0.381 e. The fraction of sp³-hybridized carbons (Fsp3) is 0.800. The van der Waals surface area contributed by atoms with Crippen molar-refractivity contribution in [3.8, 4) is 0 Å². The van der Waals surface area contributed by atoms with E-state index in [-0.39, 0.29) is 38.3 Å². The molecule has 0 aromatic carbocycles. The van der Waals surface area contributed by atoms with Crippen molar-refractivity contribution in [1.29, 1.82) is 0 Å². The maximum absolute atomic E-state index is 5.60. The van der Waals surface area contributed by atoms with Crippen LogP contribution in [0.2, 0.25) is 0 Å². The van der Waals surface area contributed by atoms with Crippen LogP contribution in [0.25, 0.3) is 0 Å². The van der Waals surface area contributed by atoms with Crippen LogP contribution in [-0.2, 0) is 37.4 Å². The van der Waals surface area contributed by atoms with Crippen LogP contribution in [0.1, 0.15) is 39.5 Å². The zero-order chi connectivity index (χ0) is 8.32. The Balaban J connectivity index is 0.00000121. The largest absolute Gasteiger partial charge is 0.381 e. The van der Waals surface area contributed by atoms with Gasteiger partial charge in [-0.25, -0.2) is 12.8 Å². The summed E-state index contributed by atoms with van der Waals surface area (Å²) in [7, 11) is 0. The Morgan fingerprint density at radius 1 is 1.50 bits per heavy atom. The van der Waals surface area contributed by atoms with Crippen LogP contribution in [-0.4, -0.2) is 12.2 Å². The van der Waals surface area contributed by atoms with E-state index in [1.807, 2.05) is 0 Å². The third-order valence-corrected chi connectivity index (χ3v) is 2.15. The molecule has 0 aromatic heterocycles. The van der Waals surface area contributed by atoms with Gasteiger partial charge in [0.2, 0.25) is 0 Å². The molecule has 0 unspecified atom stereocenters. The molecular formula is C10H18OY-2. The van der Waals surface area contributed by atoms with Crippen molar-refractivity contribution in [3.63, 3.8) is 0 Å². The maximum Gasteiger partial charge on any atom is 0.0360 e. The molecule has 0 aliphatic carbocycles. The first-order valence-corrected chi connectivity index (χ1v) is 4.41. The van der Waals surface area contributed by atoms with Gasteiger partial charge in [-0.2, -0.15) is 6.42 Å². The van der Waals surface area contributed by atoms with Crippen molar-refractivity contribution in [1.82, 2.24) is 0 Å². The molecule has 0 spiro atoms. The minimum atomic E-state index is 0. The molecule has 1 radical (unpaired) electrons. The number of hydrogen-bond acceptors (Lipinski definition) is 1. The minimum absolute atomic E-state index is 0. The molecule has 1 fully saturated rings. The zero-order valence-corrected chi connectivity index (χ0v) is 11.1. The third-order valence-electron chi connectivity index (χ3n) is 2.15. The molecule has 1 rings (SSSR count). The van der Waals surface area contributed by atoms with Crippen LogP contribution in [0.15, 0.2) is 0 Å². The SMILES string of the molecule is [CH2-]CC[C-]1CCOC(C)(C)C1.[Y]. The molecule has 0 saturated carbocycles. The Morgan fingerprint density at radius 2 is 2.17 bits per heavy atom. The van der Waals surface area contributed by atoms with Crippen LogP contribution in [0.4, 0.5) is 0 Å². The summed E-state index contributed by atoms with van der Waals surface area (Å²) in [5.74, 6) is 1.64. The van der Waals surface area contributed by atoms with E-state index in [1.54, 1.807) is 5.92 Å². The van der Waals surface area contributed by atoms with E-state index < -0.39 is 0 Å². The van der Waals surface area contributed by atoms with E-state index in [1.165, 1.54) is 6.42 Å². The van der Waals surface area contributed by atoms with Gasteiger partial charge in [0.05, 0.1) is 0 Å². The van der Waals surface area contributed by atoms with Crippen molar-refractivity contribution in [2.75, 3.05) is 6.61 Å². The molecule has 2 heteroatoms. The van der Waals surface area contributed by atoms with Crippen molar-refractivity contribution < 1.29 is 37.4 Å². The van der Waals surface area contributed by atoms with Gasteiger partial charge in [0.15, 0.2) is 0 Å². The van der Waals surface area contributed by atoms with Crippen molar-refractivity contribution in [2.24, 2.45) is 0 Å². The first-order chi connectivity index (χ1) is 5.14. The quantitative estimate of drug-likeness (QED) is 0.677. The first kappa shape index (κ1) is 13.1. The fourth-order valence-electron chi connectivity index (χ4n) is 1.68. The van der Waals surface area contributed by atoms with Gasteiger partial charge in [0.1, 0.15) is 0 Å². The smallest absolute Gasteiger partial charge is 0.0360 e. The van der Waals surface area contributed by atoms with E-state index in [0.29, 0.717) is 0 Å². The van der Waals surface area contributed by atoms with Gasteiger partial charge in [-0.3, -0.25) is 0 Å². The Hall–Kier alpha value is 1.06. The van der Waals surface area contributed by atoms with Gasteiger partial charge in [-0.15, -0.1) is 6.42 Å². The van der Waals surface area contributed by atoms with E-state index in [4.69, 9.17) is 4.74 Å². The second-order valence-corrected chi connectivity index (χ2v) is 3.89. The van der Waals surface area contributed by atoms with Gasteiger partial charge >= 0.3 is 0 Å². The van der Waals surface area contributed by atoms with Gasteiger partial charge in [-0.05, 0) is 13.8 Å². The molecule has 1 aliphatic heterocycles. The summed E-state index contributed by atoms with van der Waals surface area (Å²) < 4.78 is 5.60. The molecule has 0 atom stereocenters. The molecule has 0 N–H and O–H groups in total. The summed E-state index contributed by atoms with van der Waals surface area (Å²) >= 11 is 0. The zero-order valence-electron chi connectivity index (χ0n) is 8.23. The average Bonchev–Trinajstić information content (AvgIpc) is 1.85. The summed E-state index contributed by atoms with van der Waals surface area (Å²) in [5.41, 5.74) is 0.0861. The molecule has 0 amide bonds. The molecular weight excluding hydrogens is 225 g/mol. The van der Waals surface area contributed by atoms with Crippen LogP contribution >= 0.6 is 0 Å². The summed E-state index contributed by atoms with van der Waals surface area (Å²) in [4.78, 5) is 0. The molecule has 1 heterocycles. The summed E-state index contributed by atoms with van der Waals surface area (Å²) in [6.07, 6.45) is 4.50. The summed E-state index contributed by atoms with van der Waals surface area (Å²) in [6, 6.07) is 0. The summed E-state index contributed by atoms with van der Waals surface area (Å²) in [5, 5.41) is 0. The second kappa shape index (κ2) is 5.72. The maximum atomic E-state index is 5.60. The number of ether oxygens (including phenoxy) is 1. The van der Waals surface area contributed by atoms with E-state index >= 15 is 0 Å². The molecule has 0 bridgehead atoms. The predicted octanol–water partition coefficient (Wildman–Crippen LogP) is 2.76. The molecule has 1 nitrogen and oxygen atoms in total. The third kappa shape index (κ3) is 4.34. The van der Waals surface area contributed by atoms with Crippen LogP contribution in [0.3, 0.4) is 0 Å². The standard InChI is InChI=1S/C10H18O.Y/c1-4-5-9-6-7-11-10(2,3)8-9;/h1,4-8H2,2-3H3;/q-2;. The Kier molecular flexibility index (Phi) is 6.23. The van der Waals surface area contributed by atoms with Crippen LogP contribution in [0.5, 0.6) is 0 Å². The summed E-state index contributed by atoms with van der Waals surface area (Å²) in [6.45, 7) is 9.09. The predicted molar refractivity (Wildman–Crippen MR) is 47.1 cm³/mol. The fourth-order valence-corrected chi connectivity index (χ4v) is 1.68.